The van der Waals surface area contributed by atoms with Crippen LogP contribution in [0.1, 0.15) is 25.1 Å². The molecule has 114 valence electrons. The van der Waals surface area contributed by atoms with Crippen molar-refractivity contribution in [2.75, 3.05) is 18.4 Å². The molecule has 3 atom stereocenters. The van der Waals surface area contributed by atoms with E-state index in [1.54, 1.807) is 0 Å². The van der Waals surface area contributed by atoms with Crippen LogP contribution in [0, 0.1) is 11.8 Å². The van der Waals surface area contributed by atoms with Crippen LogP contribution in [0.25, 0.3) is 0 Å². The van der Waals surface area contributed by atoms with Crippen LogP contribution in [-0.4, -0.2) is 35.6 Å². The van der Waals surface area contributed by atoms with Crippen LogP contribution in [0.3, 0.4) is 0 Å². The van der Waals surface area contributed by atoms with Gasteiger partial charge in [0.25, 0.3) is 6.47 Å². The van der Waals surface area contributed by atoms with E-state index in [4.69, 9.17) is 4.74 Å². The molecule has 0 aromatic heterocycles. The molecule has 1 aliphatic rings. The second-order valence-corrected chi connectivity index (χ2v) is 5.88. The summed E-state index contributed by atoms with van der Waals surface area (Å²) in [6.07, 6.45) is 0.536. The first-order chi connectivity index (χ1) is 10.2. The van der Waals surface area contributed by atoms with E-state index in [9.17, 15) is 9.59 Å². The lowest BCUT2D eigenvalue weighted by Gasteiger charge is -2.26. The van der Waals surface area contributed by atoms with Gasteiger partial charge in [0, 0.05) is 24.6 Å². The molecule has 0 N–H and O–H groups in total. The Balaban J connectivity index is 2.18. The average molecular weight is 354 g/mol. The zero-order valence-electron chi connectivity index (χ0n) is 12.1. The molecule has 1 aromatic carbocycles. The summed E-state index contributed by atoms with van der Waals surface area (Å²) in [5, 5.41) is 0.381. The Kier molecular flexibility index (Phi) is 5.94. The predicted octanol–water partition coefficient (Wildman–Crippen LogP) is 2.78. The van der Waals surface area contributed by atoms with Gasteiger partial charge in [-0.1, -0.05) is 59.6 Å². The van der Waals surface area contributed by atoms with Crippen molar-refractivity contribution in [3.8, 4) is 0 Å². The van der Waals surface area contributed by atoms with Gasteiger partial charge in [0.1, 0.15) is 5.78 Å². The fourth-order valence-corrected chi connectivity index (χ4v) is 3.44. The molecule has 1 aliphatic heterocycles. The molecule has 1 saturated heterocycles. The van der Waals surface area contributed by atoms with Crippen molar-refractivity contribution in [1.29, 1.82) is 0 Å². The minimum atomic E-state index is -0.411. The number of hydrogen-bond acceptors (Lipinski definition) is 4. The Morgan fingerprint density at radius 1 is 1.43 bits per heavy atom. The number of carbonyl (C=O) groups is 2. The van der Waals surface area contributed by atoms with Gasteiger partial charge < -0.3 is 4.74 Å². The summed E-state index contributed by atoms with van der Waals surface area (Å²) in [4.78, 5) is 25.0. The topological polar surface area (TPSA) is 46.6 Å². The number of benzene rings is 1. The maximum Gasteiger partial charge on any atom is 0.294 e. The lowest BCUT2D eigenvalue weighted by molar-refractivity contribution is -0.143. The van der Waals surface area contributed by atoms with Crippen LogP contribution >= 0.6 is 15.9 Å². The minimum Gasteiger partial charge on any atom is -0.444 e. The van der Waals surface area contributed by atoms with Crippen LogP contribution < -0.4 is 0 Å². The van der Waals surface area contributed by atoms with Crippen LogP contribution in [0.15, 0.2) is 30.3 Å². The van der Waals surface area contributed by atoms with Gasteiger partial charge in [-0.15, -0.1) is 0 Å². The number of nitrogens with zero attached hydrogens (tertiary/aromatic N) is 1. The van der Waals surface area contributed by atoms with Gasteiger partial charge in [0.05, 0.1) is 5.33 Å². The van der Waals surface area contributed by atoms with E-state index in [1.807, 2.05) is 30.3 Å². The monoisotopic (exact) mass is 353 g/mol. The number of hydrogen-bond donors (Lipinski definition) is 0. The third kappa shape index (κ3) is 3.71. The van der Waals surface area contributed by atoms with Gasteiger partial charge >= 0.3 is 0 Å². The van der Waals surface area contributed by atoms with Crippen molar-refractivity contribution in [3.05, 3.63) is 35.9 Å². The van der Waals surface area contributed by atoms with Gasteiger partial charge in [0.2, 0.25) is 0 Å². The zero-order valence-corrected chi connectivity index (χ0v) is 13.7. The van der Waals surface area contributed by atoms with Gasteiger partial charge in [-0.2, -0.15) is 0 Å². The van der Waals surface area contributed by atoms with Crippen molar-refractivity contribution >= 4 is 28.2 Å². The molecule has 4 nitrogen and oxygen atoms in total. The summed E-state index contributed by atoms with van der Waals surface area (Å²) in [5.41, 5.74) is 0.936. The Hall–Kier alpha value is -1.20. The zero-order chi connectivity index (χ0) is 15.2. The molecule has 5 heteroatoms. The minimum absolute atomic E-state index is 0.0100. The van der Waals surface area contributed by atoms with Crippen molar-refractivity contribution in [3.63, 3.8) is 0 Å². The molecule has 1 heterocycles. The highest BCUT2D eigenvalue weighted by molar-refractivity contribution is 9.09. The summed E-state index contributed by atoms with van der Waals surface area (Å²) >= 11 is 3.26. The number of Topliss-reactive ketones (excluding diaryl/α,β-unsaturated/α-hetero) is 1. The smallest absolute Gasteiger partial charge is 0.294 e. The number of halogens is 1. The first-order valence-corrected chi connectivity index (χ1v) is 8.30. The second-order valence-electron chi connectivity index (χ2n) is 5.32. The molecule has 0 bridgehead atoms. The highest BCUT2D eigenvalue weighted by Crippen LogP contribution is 2.34. The van der Waals surface area contributed by atoms with Crippen LogP contribution in [0.5, 0.6) is 0 Å². The number of alkyl halides is 1. The lowest BCUT2D eigenvalue weighted by Crippen LogP contribution is -2.30. The molecule has 0 aliphatic carbocycles. The Morgan fingerprint density at radius 2 is 2.14 bits per heavy atom. The Morgan fingerprint density at radius 3 is 2.71 bits per heavy atom. The molecule has 2 rings (SSSR count). The highest BCUT2D eigenvalue weighted by atomic mass is 79.9. The van der Waals surface area contributed by atoms with E-state index in [-0.39, 0.29) is 11.7 Å². The maximum atomic E-state index is 12.1. The van der Waals surface area contributed by atoms with E-state index in [0.717, 1.165) is 18.5 Å². The van der Waals surface area contributed by atoms with Gasteiger partial charge in [-0.3, -0.25) is 14.5 Å². The first-order valence-electron chi connectivity index (χ1n) is 7.18. The summed E-state index contributed by atoms with van der Waals surface area (Å²) in [6.45, 7) is 3.99. The normalized spacial score (nSPS) is 23.7. The second kappa shape index (κ2) is 7.71. The van der Waals surface area contributed by atoms with Crippen molar-refractivity contribution in [1.82, 2.24) is 4.90 Å². The van der Waals surface area contributed by atoms with E-state index >= 15 is 0 Å². The molecule has 0 spiro atoms. The first kappa shape index (κ1) is 16.2. The number of ether oxygens (including phenoxy) is 1. The standard InChI is InChI=1S/C16H20BrNO3/c1-2-12-9-18(10-14(12)15(20)8-17)16(21-11-19)13-6-4-3-5-7-13/h3-7,11-12,14,16H,2,8-10H2,1H3. The fraction of sp³-hybridized carbons (Fsp3) is 0.500. The number of rotatable bonds is 7. The van der Waals surface area contributed by atoms with E-state index in [2.05, 4.69) is 27.8 Å². The summed E-state index contributed by atoms with van der Waals surface area (Å²) < 4.78 is 5.29. The Labute approximate surface area is 133 Å². The molecule has 3 unspecified atom stereocenters. The van der Waals surface area contributed by atoms with Crippen LogP contribution in [-0.2, 0) is 14.3 Å². The molecule has 1 fully saturated rings. The molecule has 0 saturated carbocycles. The number of carbonyl (C=O) groups excluding carboxylic acids is 2. The lowest BCUT2D eigenvalue weighted by atomic mass is 9.91. The van der Waals surface area contributed by atoms with Crippen molar-refractivity contribution in [2.45, 2.75) is 19.6 Å². The number of likely N-dealkylation sites (tertiary alicyclic amines) is 1. The summed E-state index contributed by atoms with van der Waals surface area (Å²) in [6, 6.07) is 9.65. The summed E-state index contributed by atoms with van der Waals surface area (Å²) in [5.74, 6) is 0.551. The highest BCUT2D eigenvalue weighted by Gasteiger charge is 2.39. The van der Waals surface area contributed by atoms with E-state index < -0.39 is 6.23 Å². The fourth-order valence-electron chi connectivity index (χ4n) is 3.02. The van der Waals surface area contributed by atoms with E-state index in [0.29, 0.717) is 24.3 Å². The largest absolute Gasteiger partial charge is 0.444 e. The molecule has 0 radical (unpaired) electrons. The molecule has 1 aromatic rings. The van der Waals surface area contributed by atoms with Gasteiger partial charge in [-0.05, 0) is 5.92 Å². The molecule has 0 amide bonds. The van der Waals surface area contributed by atoms with Gasteiger partial charge in [0.15, 0.2) is 6.23 Å². The molecule has 21 heavy (non-hydrogen) atoms. The predicted molar refractivity (Wildman–Crippen MR) is 84.0 cm³/mol. The quantitative estimate of drug-likeness (QED) is 0.558. The molecular formula is C16H20BrNO3. The van der Waals surface area contributed by atoms with E-state index in [1.165, 1.54) is 0 Å². The molecular weight excluding hydrogens is 334 g/mol. The van der Waals surface area contributed by atoms with Gasteiger partial charge in [-0.25, -0.2) is 0 Å². The SMILES string of the molecule is CCC1CN(C(OC=O)c2ccccc2)CC1C(=O)CBr. The average Bonchev–Trinajstić information content (AvgIpc) is 2.96. The third-order valence-electron chi connectivity index (χ3n) is 4.14. The Bertz CT molecular complexity index is 480. The van der Waals surface area contributed by atoms with Crippen molar-refractivity contribution in [2.24, 2.45) is 11.8 Å². The van der Waals surface area contributed by atoms with Crippen LogP contribution in [0.2, 0.25) is 0 Å². The third-order valence-corrected chi connectivity index (χ3v) is 4.69. The summed E-state index contributed by atoms with van der Waals surface area (Å²) in [7, 11) is 0. The maximum absolute atomic E-state index is 12.1. The number of ketones is 1. The van der Waals surface area contributed by atoms with Crippen molar-refractivity contribution < 1.29 is 14.3 Å². The van der Waals surface area contributed by atoms with Crippen LogP contribution in [0.4, 0.5) is 0 Å².